The molecule has 34 heavy (non-hydrogen) atoms. The Morgan fingerprint density at radius 3 is 2.41 bits per heavy atom. The van der Waals surface area contributed by atoms with Crippen LogP contribution in [0.25, 0.3) is 11.0 Å². The summed E-state index contributed by atoms with van der Waals surface area (Å²) in [5.41, 5.74) is 2.51. The zero-order valence-corrected chi connectivity index (χ0v) is 19.4. The molecule has 0 bridgehead atoms. The number of hydrogen-bond donors (Lipinski definition) is 2. The van der Waals surface area contributed by atoms with E-state index < -0.39 is 0 Å². The van der Waals surface area contributed by atoms with Gasteiger partial charge in [0.2, 0.25) is 5.91 Å². The number of carbonyl (C=O) groups is 2. The van der Waals surface area contributed by atoms with E-state index in [1.165, 1.54) is 0 Å². The normalized spacial score (nSPS) is 11.9. The van der Waals surface area contributed by atoms with E-state index in [2.05, 4.69) is 10.6 Å². The van der Waals surface area contributed by atoms with Crippen LogP contribution in [0.1, 0.15) is 29.1 Å². The molecule has 0 saturated carbocycles. The Hall–Kier alpha value is -4.10. The minimum Gasteiger partial charge on any atom is -0.495 e. The molecule has 174 valence electrons. The molecule has 0 aliphatic rings. The number of methoxy groups -OCH3 is 1. The number of ether oxygens (including phenoxy) is 1. The van der Waals surface area contributed by atoms with E-state index in [9.17, 15) is 9.59 Å². The van der Waals surface area contributed by atoms with Crippen LogP contribution < -0.4 is 15.4 Å². The maximum atomic E-state index is 12.6. The highest BCUT2D eigenvalue weighted by Gasteiger charge is 2.19. The molecule has 0 saturated heterocycles. The van der Waals surface area contributed by atoms with Crippen LogP contribution >= 0.6 is 0 Å². The zero-order chi connectivity index (χ0) is 24.1. The van der Waals surface area contributed by atoms with Crippen molar-refractivity contribution < 1.29 is 18.7 Å². The second kappa shape index (κ2) is 10.2. The predicted octanol–water partition coefficient (Wildman–Crippen LogP) is 5.33. The van der Waals surface area contributed by atoms with Gasteiger partial charge in [-0.2, -0.15) is 0 Å². The van der Waals surface area contributed by atoms with Gasteiger partial charge in [0.25, 0.3) is 5.91 Å². The average Bonchev–Trinajstić information content (AvgIpc) is 3.28. The SMILES string of the molecule is COc1ccccc1NC(=O)c1ccc(NC(=O)CN(C)C(C)c2cc3ccccc3o2)cc1. The maximum absolute atomic E-state index is 12.6. The van der Waals surface area contributed by atoms with Crippen molar-refractivity contribution in [2.75, 3.05) is 31.3 Å². The smallest absolute Gasteiger partial charge is 0.255 e. The first-order valence-electron chi connectivity index (χ1n) is 11.0. The summed E-state index contributed by atoms with van der Waals surface area (Å²) in [7, 11) is 3.43. The highest BCUT2D eigenvalue weighted by Crippen LogP contribution is 2.27. The molecule has 7 heteroatoms. The van der Waals surface area contributed by atoms with E-state index in [0.29, 0.717) is 22.7 Å². The lowest BCUT2D eigenvalue weighted by atomic mass is 10.1. The number of benzene rings is 3. The van der Waals surface area contributed by atoms with Crippen molar-refractivity contribution in [3.63, 3.8) is 0 Å². The fourth-order valence-corrected chi connectivity index (χ4v) is 3.64. The van der Waals surface area contributed by atoms with Crippen molar-refractivity contribution in [2.45, 2.75) is 13.0 Å². The quantitative estimate of drug-likeness (QED) is 0.374. The van der Waals surface area contributed by atoms with E-state index in [1.54, 1.807) is 43.5 Å². The van der Waals surface area contributed by atoms with Gasteiger partial charge < -0.3 is 19.8 Å². The van der Waals surface area contributed by atoms with Crippen molar-refractivity contribution in [1.82, 2.24) is 4.90 Å². The summed E-state index contributed by atoms with van der Waals surface area (Å²) < 4.78 is 11.2. The zero-order valence-electron chi connectivity index (χ0n) is 19.4. The lowest BCUT2D eigenvalue weighted by Gasteiger charge is -2.22. The average molecular weight is 458 g/mol. The molecule has 2 amide bonds. The lowest BCUT2D eigenvalue weighted by Crippen LogP contribution is -2.32. The van der Waals surface area contributed by atoms with E-state index in [1.807, 2.05) is 61.3 Å². The Bertz CT molecular complexity index is 1260. The summed E-state index contributed by atoms with van der Waals surface area (Å²) >= 11 is 0. The number of fused-ring (bicyclic) bond motifs is 1. The van der Waals surface area contributed by atoms with Gasteiger partial charge in [-0.25, -0.2) is 0 Å². The van der Waals surface area contributed by atoms with E-state index in [-0.39, 0.29) is 24.4 Å². The maximum Gasteiger partial charge on any atom is 0.255 e. The third-order valence-corrected chi connectivity index (χ3v) is 5.70. The summed E-state index contributed by atoms with van der Waals surface area (Å²) in [6.45, 7) is 2.19. The monoisotopic (exact) mass is 457 g/mol. The van der Waals surface area contributed by atoms with Crippen LogP contribution in [-0.2, 0) is 4.79 Å². The third-order valence-electron chi connectivity index (χ3n) is 5.70. The number of likely N-dealkylation sites (N-methyl/N-ethyl adjacent to an activating group) is 1. The number of anilines is 2. The molecule has 0 aliphatic carbocycles. The van der Waals surface area contributed by atoms with Gasteiger partial charge in [0.05, 0.1) is 25.4 Å². The third kappa shape index (κ3) is 5.27. The molecule has 1 aromatic heterocycles. The van der Waals surface area contributed by atoms with Gasteiger partial charge in [-0.1, -0.05) is 30.3 Å². The van der Waals surface area contributed by atoms with Crippen molar-refractivity contribution in [3.8, 4) is 5.75 Å². The van der Waals surface area contributed by atoms with Crippen LogP contribution in [0.15, 0.2) is 83.3 Å². The number of rotatable bonds is 8. The van der Waals surface area contributed by atoms with Gasteiger partial charge in [0.15, 0.2) is 0 Å². The summed E-state index contributed by atoms with van der Waals surface area (Å²) in [6.07, 6.45) is 0. The van der Waals surface area contributed by atoms with Crippen LogP contribution in [-0.4, -0.2) is 37.4 Å². The number of furan rings is 1. The van der Waals surface area contributed by atoms with E-state index in [0.717, 1.165) is 16.7 Å². The van der Waals surface area contributed by atoms with Gasteiger partial charge in [0, 0.05) is 16.6 Å². The number of nitrogens with one attached hydrogen (secondary N) is 2. The summed E-state index contributed by atoms with van der Waals surface area (Å²) in [5.74, 6) is 0.973. The molecular formula is C27H27N3O4. The molecule has 4 rings (SSSR count). The number of para-hydroxylation sites is 3. The predicted molar refractivity (Wildman–Crippen MR) is 133 cm³/mol. The van der Waals surface area contributed by atoms with Crippen LogP contribution in [0.2, 0.25) is 0 Å². The minimum atomic E-state index is -0.262. The highest BCUT2D eigenvalue weighted by molar-refractivity contribution is 6.05. The highest BCUT2D eigenvalue weighted by atomic mass is 16.5. The minimum absolute atomic E-state index is 0.0702. The summed E-state index contributed by atoms with van der Waals surface area (Å²) in [4.78, 5) is 27.1. The second-order valence-corrected chi connectivity index (χ2v) is 8.06. The van der Waals surface area contributed by atoms with Crippen LogP contribution in [0.4, 0.5) is 11.4 Å². The Balaban J connectivity index is 1.33. The molecule has 0 fully saturated rings. The molecule has 1 unspecified atom stereocenters. The van der Waals surface area contributed by atoms with Crippen molar-refractivity contribution in [1.29, 1.82) is 0 Å². The molecule has 7 nitrogen and oxygen atoms in total. The van der Waals surface area contributed by atoms with Crippen LogP contribution in [0.5, 0.6) is 5.75 Å². The summed E-state index contributed by atoms with van der Waals surface area (Å²) in [6, 6.07) is 23.7. The fraction of sp³-hybridized carbons (Fsp3) is 0.185. The molecular weight excluding hydrogens is 430 g/mol. The first-order chi connectivity index (χ1) is 16.4. The molecule has 0 aliphatic heterocycles. The Kier molecular flexibility index (Phi) is 6.94. The molecule has 0 spiro atoms. The molecule has 1 atom stereocenters. The summed E-state index contributed by atoms with van der Waals surface area (Å²) in [5, 5.41) is 6.75. The van der Waals surface area contributed by atoms with E-state index in [4.69, 9.17) is 9.15 Å². The van der Waals surface area contributed by atoms with Crippen molar-refractivity contribution in [3.05, 3.63) is 90.2 Å². The standard InChI is InChI=1S/C27H27N3O4/c1-18(25-16-20-8-4-6-10-23(20)34-25)30(2)17-26(31)28-21-14-12-19(13-15-21)27(32)29-22-9-5-7-11-24(22)33-3/h4-16,18H,17H2,1-3H3,(H,28,31)(H,29,32). The lowest BCUT2D eigenvalue weighted by molar-refractivity contribution is -0.117. The van der Waals surface area contributed by atoms with Gasteiger partial charge in [-0.05, 0) is 62.5 Å². The second-order valence-electron chi connectivity index (χ2n) is 8.06. The van der Waals surface area contributed by atoms with E-state index >= 15 is 0 Å². The Morgan fingerprint density at radius 2 is 1.68 bits per heavy atom. The number of carbonyl (C=O) groups excluding carboxylic acids is 2. The topological polar surface area (TPSA) is 83.8 Å². The molecule has 1 heterocycles. The van der Waals surface area contributed by atoms with Crippen LogP contribution in [0.3, 0.4) is 0 Å². The van der Waals surface area contributed by atoms with Crippen molar-refractivity contribution in [2.24, 2.45) is 0 Å². The molecule has 3 aromatic carbocycles. The first kappa shape index (κ1) is 23.1. The van der Waals surface area contributed by atoms with Crippen molar-refractivity contribution >= 4 is 34.2 Å². The van der Waals surface area contributed by atoms with Gasteiger partial charge in [-0.15, -0.1) is 0 Å². The molecule has 0 radical (unpaired) electrons. The number of hydrogen-bond acceptors (Lipinski definition) is 5. The Morgan fingerprint density at radius 1 is 0.971 bits per heavy atom. The van der Waals surface area contributed by atoms with Gasteiger partial charge in [-0.3, -0.25) is 14.5 Å². The number of amides is 2. The Labute approximate surface area is 198 Å². The first-order valence-corrected chi connectivity index (χ1v) is 11.0. The van der Waals surface area contributed by atoms with Gasteiger partial charge >= 0.3 is 0 Å². The largest absolute Gasteiger partial charge is 0.495 e. The number of nitrogens with zero attached hydrogens (tertiary/aromatic N) is 1. The molecule has 4 aromatic rings. The molecule has 2 N–H and O–H groups in total. The van der Waals surface area contributed by atoms with Gasteiger partial charge in [0.1, 0.15) is 17.1 Å². The fourth-order valence-electron chi connectivity index (χ4n) is 3.64. The van der Waals surface area contributed by atoms with Crippen LogP contribution in [0, 0.1) is 0 Å².